The second-order valence-corrected chi connectivity index (χ2v) is 4.64. The summed E-state index contributed by atoms with van der Waals surface area (Å²) in [6, 6.07) is 5.87. The van der Waals surface area contributed by atoms with Crippen molar-refractivity contribution in [3.05, 3.63) is 36.2 Å². The van der Waals surface area contributed by atoms with E-state index in [4.69, 9.17) is 0 Å². The normalized spacial score (nSPS) is 10.2. The Morgan fingerprint density at radius 3 is 2.63 bits per heavy atom. The maximum atomic E-state index is 4.43. The van der Waals surface area contributed by atoms with Gasteiger partial charge in [-0.15, -0.1) is 0 Å². The first kappa shape index (κ1) is 13.6. The van der Waals surface area contributed by atoms with E-state index in [1.165, 1.54) is 11.8 Å². The molecule has 5 nitrogen and oxygen atoms in total. The predicted molar refractivity (Wildman–Crippen MR) is 79.5 cm³/mol. The van der Waals surface area contributed by atoms with Gasteiger partial charge >= 0.3 is 0 Å². The van der Waals surface area contributed by atoms with Gasteiger partial charge in [0.25, 0.3) is 0 Å². The zero-order valence-electron chi connectivity index (χ0n) is 11.1. The van der Waals surface area contributed by atoms with E-state index in [2.05, 4.69) is 25.6 Å². The van der Waals surface area contributed by atoms with Crippen molar-refractivity contribution in [1.29, 1.82) is 0 Å². The van der Waals surface area contributed by atoms with Crippen LogP contribution in [0.25, 0.3) is 0 Å². The van der Waals surface area contributed by atoms with Crippen molar-refractivity contribution < 1.29 is 0 Å². The van der Waals surface area contributed by atoms with Gasteiger partial charge in [-0.1, -0.05) is 17.8 Å². The molecule has 2 aromatic heterocycles. The minimum atomic E-state index is 0.699. The standard InChI is InChI=1S/C13H17N5S/c1-3-15-11-7-12(18-13(17-11)19-2)16-9-10-5-4-6-14-8-10/h4-8H,3,9H2,1-2H3,(H2,15,16,17,18). The van der Waals surface area contributed by atoms with E-state index in [0.717, 1.165) is 28.9 Å². The van der Waals surface area contributed by atoms with E-state index in [-0.39, 0.29) is 0 Å². The molecule has 0 atom stereocenters. The molecule has 0 spiro atoms. The van der Waals surface area contributed by atoms with Crippen LogP contribution in [0.1, 0.15) is 12.5 Å². The fraction of sp³-hybridized carbons (Fsp3) is 0.308. The molecule has 100 valence electrons. The molecule has 0 radical (unpaired) electrons. The van der Waals surface area contributed by atoms with Crippen LogP contribution in [0, 0.1) is 0 Å². The fourth-order valence-corrected chi connectivity index (χ4v) is 1.95. The molecule has 2 aromatic rings. The molecule has 0 aliphatic rings. The van der Waals surface area contributed by atoms with Gasteiger partial charge in [0.15, 0.2) is 5.16 Å². The molecule has 0 aliphatic heterocycles. The number of hydrogen-bond acceptors (Lipinski definition) is 6. The average molecular weight is 275 g/mol. The number of nitrogens with one attached hydrogen (secondary N) is 2. The summed E-state index contributed by atoms with van der Waals surface area (Å²) in [6.07, 6.45) is 5.58. The Hall–Kier alpha value is -1.82. The molecule has 0 saturated heterocycles. The van der Waals surface area contributed by atoms with E-state index >= 15 is 0 Å². The zero-order chi connectivity index (χ0) is 13.5. The average Bonchev–Trinajstić information content (AvgIpc) is 2.46. The maximum absolute atomic E-state index is 4.43. The van der Waals surface area contributed by atoms with Crippen LogP contribution in [0.4, 0.5) is 11.6 Å². The Morgan fingerprint density at radius 1 is 1.21 bits per heavy atom. The molecule has 0 unspecified atom stereocenters. The van der Waals surface area contributed by atoms with Crippen LogP contribution in [-0.4, -0.2) is 27.8 Å². The molecule has 0 amide bonds. The summed E-state index contributed by atoms with van der Waals surface area (Å²) >= 11 is 1.53. The summed E-state index contributed by atoms with van der Waals surface area (Å²) in [5, 5.41) is 7.25. The number of thioether (sulfide) groups is 1. The van der Waals surface area contributed by atoms with E-state index in [1.54, 1.807) is 6.20 Å². The summed E-state index contributed by atoms with van der Waals surface area (Å²) in [5.74, 6) is 1.66. The molecule has 0 bridgehead atoms. The van der Waals surface area contributed by atoms with E-state index in [9.17, 15) is 0 Å². The van der Waals surface area contributed by atoms with E-state index in [0.29, 0.717) is 6.54 Å². The fourth-order valence-electron chi connectivity index (χ4n) is 1.57. The van der Waals surface area contributed by atoms with E-state index < -0.39 is 0 Å². The van der Waals surface area contributed by atoms with Crippen molar-refractivity contribution >= 4 is 23.4 Å². The van der Waals surface area contributed by atoms with Crippen LogP contribution in [0.5, 0.6) is 0 Å². The summed E-state index contributed by atoms with van der Waals surface area (Å²) in [6.45, 7) is 3.58. The number of rotatable bonds is 6. The second-order valence-electron chi connectivity index (χ2n) is 3.87. The van der Waals surface area contributed by atoms with Crippen molar-refractivity contribution in [3.8, 4) is 0 Å². The van der Waals surface area contributed by atoms with Crippen molar-refractivity contribution in [2.24, 2.45) is 0 Å². The van der Waals surface area contributed by atoms with E-state index in [1.807, 2.05) is 37.6 Å². The van der Waals surface area contributed by atoms with Gasteiger partial charge in [-0.2, -0.15) is 0 Å². The van der Waals surface area contributed by atoms with Gasteiger partial charge in [-0.25, -0.2) is 9.97 Å². The molecule has 2 heterocycles. The molecule has 0 aliphatic carbocycles. The van der Waals surface area contributed by atoms with Gasteiger partial charge in [0, 0.05) is 31.5 Å². The van der Waals surface area contributed by atoms with Crippen LogP contribution in [0.15, 0.2) is 35.7 Å². The summed E-state index contributed by atoms with van der Waals surface area (Å²) < 4.78 is 0. The first-order valence-corrected chi connectivity index (χ1v) is 7.34. The van der Waals surface area contributed by atoms with Crippen LogP contribution < -0.4 is 10.6 Å². The van der Waals surface area contributed by atoms with Gasteiger partial charge in [0.1, 0.15) is 11.6 Å². The monoisotopic (exact) mass is 275 g/mol. The lowest BCUT2D eigenvalue weighted by atomic mass is 10.3. The number of anilines is 2. The summed E-state index contributed by atoms with van der Waals surface area (Å²) in [5.41, 5.74) is 1.12. The first-order chi connectivity index (χ1) is 9.31. The van der Waals surface area contributed by atoms with Gasteiger partial charge in [-0.05, 0) is 24.8 Å². The lowest BCUT2D eigenvalue weighted by Crippen LogP contribution is -2.06. The molecular formula is C13H17N5S. The molecule has 0 saturated carbocycles. The second kappa shape index (κ2) is 6.94. The third-order valence-corrected chi connectivity index (χ3v) is 2.99. The minimum Gasteiger partial charge on any atom is -0.370 e. The Bertz CT molecular complexity index is 518. The van der Waals surface area contributed by atoms with Crippen LogP contribution in [-0.2, 0) is 6.54 Å². The Balaban J connectivity index is 2.08. The highest BCUT2D eigenvalue weighted by Gasteiger charge is 2.03. The predicted octanol–water partition coefficient (Wildman–Crippen LogP) is 2.64. The van der Waals surface area contributed by atoms with Crippen molar-refractivity contribution in [2.75, 3.05) is 23.4 Å². The van der Waals surface area contributed by atoms with Crippen LogP contribution >= 0.6 is 11.8 Å². The maximum Gasteiger partial charge on any atom is 0.191 e. The lowest BCUT2D eigenvalue weighted by molar-refractivity contribution is 0.948. The summed E-state index contributed by atoms with van der Waals surface area (Å²) in [7, 11) is 0. The Labute approximate surface area is 117 Å². The molecule has 0 fully saturated rings. The largest absolute Gasteiger partial charge is 0.370 e. The highest BCUT2D eigenvalue weighted by molar-refractivity contribution is 7.98. The zero-order valence-corrected chi connectivity index (χ0v) is 11.9. The Kier molecular flexibility index (Phi) is 4.97. The lowest BCUT2D eigenvalue weighted by Gasteiger charge is -2.09. The summed E-state index contributed by atoms with van der Waals surface area (Å²) in [4.78, 5) is 12.9. The van der Waals surface area contributed by atoms with Crippen molar-refractivity contribution in [1.82, 2.24) is 15.0 Å². The van der Waals surface area contributed by atoms with Crippen LogP contribution in [0.3, 0.4) is 0 Å². The SMILES string of the molecule is CCNc1cc(NCc2cccnc2)nc(SC)n1. The quantitative estimate of drug-likeness (QED) is 0.624. The van der Waals surface area contributed by atoms with Gasteiger partial charge < -0.3 is 10.6 Å². The number of aromatic nitrogens is 3. The number of hydrogen-bond donors (Lipinski definition) is 2. The van der Waals surface area contributed by atoms with Gasteiger partial charge in [0.2, 0.25) is 0 Å². The van der Waals surface area contributed by atoms with Gasteiger partial charge in [0.05, 0.1) is 0 Å². The number of pyridine rings is 1. The topological polar surface area (TPSA) is 62.7 Å². The highest BCUT2D eigenvalue weighted by Crippen LogP contribution is 2.17. The number of nitrogens with zero attached hydrogens (tertiary/aromatic N) is 3. The highest BCUT2D eigenvalue weighted by atomic mass is 32.2. The first-order valence-electron chi connectivity index (χ1n) is 6.11. The third-order valence-electron chi connectivity index (χ3n) is 2.44. The molecule has 0 aromatic carbocycles. The van der Waals surface area contributed by atoms with Crippen molar-refractivity contribution in [3.63, 3.8) is 0 Å². The molecular weight excluding hydrogens is 258 g/mol. The smallest absolute Gasteiger partial charge is 0.191 e. The Morgan fingerprint density at radius 2 is 2.00 bits per heavy atom. The molecule has 2 N–H and O–H groups in total. The van der Waals surface area contributed by atoms with Crippen LogP contribution in [0.2, 0.25) is 0 Å². The van der Waals surface area contributed by atoms with Gasteiger partial charge in [-0.3, -0.25) is 4.98 Å². The van der Waals surface area contributed by atoms with Crippen molar-refractivity contribution in [2.45, 2.75) is 18.6 Å². The molecule has 6 heteroatoms. The molecule has 19 heavy (non-hydrogen) atoms. The third kappa shape index (κ3) is 4.10. The minimum absolute atomic E-state index is 0.699. The molecule has 2 rings (SSSR count).